The van der Waals surface area contributed by atoms with E-state index in [1.165, 1.54) is 12.3 Å². The van der Waals surface area contributed by atoms with Crippen molar-refractivity contribution in [1.82, 2.24) is 10.3 Å². The third-order valence-corrected chi connectivity index (χ3v) is 3.59. The summed E-state index contributed by atoms with van der Waals surface area (Å²) in [6, 6.07) is 3.10. The normalized spacial score (nSPS) is 22.1. The highest BCUT2D eigenvalue weighted by molar-refractivity contribution is 5.98. The van der Waals surface area contributed by atoms with Gasteiger partial charge in [0.05, 0.1) is 5.69 Å². The maximum atomic E-state index is 13.3. The van der Waals surface area contributed by atoms with Crippen LogP contribution >= 0.6 is 0 Å². The van der Waals surface area contributed by atoms with Crippen molar-refractivity contribution in [3.8, 4) is 0 Å². The highest BCUT2D eigenvalue weighted by Gasteiger charge is 2.61. The first-order chi connectivity index (χ1) is 9.78. The molecule has 5 nitrogen and oxygen atoms in total. The maximum Gasteiger partial charge on any atom is 0.404 e. The van der Waals surface area contributed by atoms with Gasteiger partial charge < -0.3 is 15.5 Å². The Morgan fingerprint density at radius 3 is 2.71 bits per heavy atom. The number of halogens is 3. The van der Waals surface area contributed by atoms with Gasteiger partial charge in [-0.25, -0.2) is 4.98 Å². The van der Waals surface area contributed by atoms with Gasteiger partial charge in [-0.3, -0.25) is 4.79 Å². The lowest BCUT2D eigenvalue weighted by Crippen LogP contribution is -2.49. The van der Waals surface area contributed by atoms with E-state index in [2.05, 4.69) is 15.6 Å². The van der Waals surface area contributed by atoms with E-state index in [1.54, 1.807) is 25.1 Å². The summed E-state index contributed by atoms with van der Waals surface area (Å²) in [5.74, 6) is -0.634. The number of carbonyl (C=O) groups excluding carboxylic acids is 1. The molecule has 1 atom stereocenters. The molecule has 1 saturated heterocycles. The standard InChI is InChI=1S/C13H17F3N4O/c1-20(2)10-9(4-3-6-18-10)19-11(21)12(13(14,15)16)5-7-17-8-12/h3-4,6,17H,5,7-8H2,1-2H3,(H,19,21). The van der Waals surface area contributed by atoms with E-state index >= 15 is 0 Å². The second-order valence-electron chi connectivity index (χ2n) is 5.23. The van der Waals surface area contributed by atoms with Crippen LogP contribution < -0.4 is 15.5 Å². The maximum absolute atomic E-state index is 13.3. The summed E-state index contributed by atoms with van der Waals surface area (Å²) in [5, 5.41) is 4.99. The van der Waals surface area contributed by atoms with Gasteiger partial charge in [-0.05, 0) is 25.1 Å². The number of carbonyl (C=O) groups is 1. The third kappa shape index (κ3) is 2.80. The topological polar surface area (TPSA) is 57.3 Å². The Labute approximate surface area is 120 Å². The van der Waals surface area contributed by atoms with Crippen molar-refractivity contribution in [3.05, 3.63) is 18.3 Å². The Kier molecular flexibility index (Phi) is 4.08. The molecule has 0 spiro atoms. The van der Waals surface area contributed by atoms with Gasteiger partial charge >= 0.3 is 6.18 Å². The van der Waals surface area contributed by atoms with Crippen molar-refractivity contribution in [2.75, 3.05) is 37.4 Å². The monoisotopic (exact) mass is 302 g/mol. The van der Waals surface area contributed by atoms with Crippen LogP contribution in [0.3, 0.4) is 0 Å². The lowest BCUT2D eigenvalue weighted by atomic mass is 9.85. The highest BCUT2D eigenvalue weighted by Crippen LogP contribution is 2.44. The van der Waals surface area contributed by atoms with Crippen molar-refractivity contribution < 1.29 is 18.0 Å². The second-order valence-corrected chi connectivity index (χ2v) is 5.23. The molecule has 1 aliphatic rings. The molecule has 1 aromatic heterocycles. The first-order valence-electron chi connectivity index (χ1n) is 6.49. The highest BCUT2D eigenvalue weighted by atomic mass is 19.4. The number of rotatable bonds is 3. The van der Waals surface area contributed by atoms with E-state index in [1.807, 2.05) is 0 Å². The van der Waals surface area contributed by atoms with Gasteiger partial charge in [-0.15, -0.1) is 0 Å². The molecule has 116 valence electrons. The number of pyridine rings is 1. The van der Waals surface area contributed by atoms with E-state index in [0.717, 1.165) is 0 Å². The van der Waals surface area contributed by atoms with Crippen molar-refractivity contribution in [3.63, 3.8) is 0 Å². The number of alkyl halides is 3. The molecule has 0 bridgehead atoms. The smallest absolute Gasteiger partial charge is 0.361 e. The molecule has 2 N–H and O–H groups in total. The van der Waals surface area contributed by atoms with Gasteiger partial charge in [0.2, 0.25) is 5.91 Å². The molecule has 0 aromatic carbocycles. The fraction of sp³-hybridized carbons (Fsp3) is 0.538. The zero-order valence-corrected chi connectivity index (χ0v) is 11.8. The van der Waals surface area contributed by atoms with E-state index in [9.17, 15) is 18.0 Å². The minimum Gasteiger partial charge on any atom is -0.361 e. The molecular weight excluding hydrogens is 285 g/mol. The molecule has 2 rings (SSSR count). The van der Waals surface area contributed by atoms with E-state index < -0.39 is 24.0 Å². The molecule has 1 aromatic rings. The quantitative estimate of drug-likeness (QED) is 0.891. The Balaban J connectivity index is 2.29. The molecule has 0 aliphatic carbocycles. The zero-order valence-electron chi connectivity index (χ0n) is 11.8. The summed E-state index contributed by atoms with van der Waals surface area (Å²) in [7, 11) is 3.41. The van der Waals surface area contributed by atoms with Crippen molar-refractivity contribution in [2.24, 2.45) is 5.41 Å². The molecule has 8 heteroatoms. The van der Waals surface area contributed by atoms with Gasteiger partial charge in [0.1, 0.15) is 0 Å². The second kappa shape index (κ2) is 5.51. The van der Waals surface area contributed by atoms with Gasteiger partial charge in [0.15, 0.2) is 11.2 Å². The average molecular weight is 302 g/mol. The number of nitrogens with zero attached hydrogens (tertiary/aromatic N) is 2. The Bertz CT molecular complexity index is 524. The first-order valence-corrected chi connectivity index (χ1v) is 6.49. The molecule has 1 unspecified atom stereocenters. The number of hydrogen-bond acceptors (Lipinski definition) is 4. The summed E-state index contributed by atoms with van der Waals surface area (Å²) < 4.78 is 39.9. The van der Waals surface area contributed by atoms with Crippen LogP contribution in [0.4, 0.5) is 24.7 Å². The Morgan fingerprint density at radius 2 is 2.19 bits per heavy atom. The zero-order chi connectivity index (χ0) is 15.7. The molecular formula is C13H17F3N4O. The molecule has 2 heterocycles. The number of amides is 1. The number of aromatic nitrogens is 1. The minimum atomic E-state index is -4.60. The van der Waals surface area contributed by atoms with Crippen LogP contribution in [0.15, 0.2) is 18.3 Å². The van der Waals surface area contributed by atoms with Crippen LogP contribution in [0.2, 0.25) is 0 Å². The summed E-state index contributed by atoms with van der Waals surface area (Å²) in [5.41, 5.74) is -2.12. The van der Waals surface area contributed by atoms with E-state index in [-0.39, 0.29) is 18.7 Å². The van der Waals surface area contributed by atoms with Crippen LogP contribution in [0, 0.1) is 5.41 Å². The minimum absolute atomic E-state index is 0.167. The number of hydrogen-bond donors (Lipinski definition) is 2. The van der Waals surface area contributed by atoms with Crippen LogP contribution in [0.25, 0.3) is 0 Å². The van der Waals surface area contributed by atoms with Gasteiger partial charge in [0.25, 0.3) is 0 Å². The largest absolute Gasteiger partial charge is 0.404 e. The molecule has 1 amide bonds. The van der Waals surface area contributed by atoms with Gasteiger partial charge in [-0.2, -0.15) is 13.2 Å². The number of anilines is 2. The molecule has 1 fully saturated rings. The molecule has 0 radical (unpaired) electrons. The summed E-state index contributed by atoms with van der Waals surface area (Å²) in [4.78, 5) is 17.9. The predicted molar refractivity (Wildman–Crippen MR) is 73.2 cm³/mol. The average Bonchev–Trinajstić information content (AvgIpc) is 2.89. The molecule has 1 aliphatic heterocycles. The first kappa shape index (κ1) is 15.6. The van der Waals surface area contributed by atoms with Crippen LogP contribution in [0.5, 0.6) is 0 Å². The summed E-state index contributed by atoms with van der Waals surface area (Å²) >= 11 is 0. The van der Waals surface area contributed by atoms with Crippen molar-refractivity contribution in [1.29, 1.82) is 0 Å². The van der Waals surface area contributed by atoms with Gasteiger partial charge in [-0.1, -0.05) is 0 Å². The molecule has 21 heavy (non-hydrogen) atoms. The van der Waals surface area contributed by atoms with Crippen LogP contribution in [-0.2, 0) is 4.79 Å². The third-order valence-electron chi connectivity index (χ3n) is 3.59. The number of nitrogens with one attached hydrogen (secondary N) is 2. The Morgan fingerprint density at radius 1 is 1.48 bits per heavy atom. The SMILES string of the molecule is CN(C)c1ncccc1NC(=O)C1(C(F)(F)F)CCNC1. The fourth-order valence-corrected chi connectivity index (χ4v) is 2.35. The molecule has 0 saturated carbocycles. The van der Waals surface area contributed by atoms with Crippen molar-refractivity contribution in [2.45, 2.75) is 12.6 Å². The van der Waals surface area contributed by atoms with Crippen LogP contribution in [0.1, 0.15) is 6.42 Å². The predicted octanol–water partition coefficient (Wildman–Crippen LogP) is 1.63. The summed E-state index contributed by atoms with van der Waals surface area (Å²) in [6.07, 6.45) is -3.34. The van der Waals surface area contributed by atoms with Crippen LogP contribution in [-0.4, -0.2) is 44.3 Å². The fourth-order valence-electron chi connectivity index (χ4n) is 2.35. The lowest BCUT2D eigenvalue weighted by molar-refractivity contribution is -0.213. The van der Waals surface area contributed by atoms with E-state index in [4.69, 9.17) is 0 Å². The van der Waals surface area contributed by atoms with Crippen molar-refractivity contribution >= 4 is 17.4 Å². The van der Waals surface area contributed by atoms with Gasteiger partial charge in [0, 0.05) is 26.8 Å². The summed E-state index contributed by atoms with van der Waals surface area (Å²) in [6.45, 7) is -0.236. The Hall–Kier alpha value is -1.83. The van der Waals surface area contributed by atoms with E-state index in [0.29, 0.717) is 5.82 Å². The lowest BCUT2D eigenvalue weighted by Gasteiger charge is -2.30.